The van der Waals surface area contributed by atoms with E-state index in [1.54, 1.807) is 6.92 Å². The van der Waals surface area contributed by atoms with E-state index in [-0.39, 0.29) is 30.9 Å². The molecule has 0 aliphatic carbocycles. The smallest absolute Gasteiger partial charge is 0.322 e. The molecule has 1 atom stereocenters. The molecule has 8 heteroatoms. The highest BCUT2D eigenvalue weighted by Gasteiger charge is 2.25. The number of anilines is 1. The number of rotatable bonds is 6. The number of carboxylic acid groups (broad SMARTS) is 1. The molecular weight excluding hydrogens is 276 g/mol. The molecule has 1 aliphatic heterocycles. The first-order chi connectivity index (χ1) is 10.0. The Bertz CT molecular complexity index is 502. The van der Waals surface area contributed by atoms with Crippen LogP contribution in [0.3, 0.4) is 0 Å². The molecule has 0 radical (unpaired) electrons. The molecule has 116 valence electrons. The van der Waals surface area contributed by atoms with Crippen LogP contribution in [0.5, 0.6) is 0 Å². The first kappa shape index (κ1) is 15.4. The lowest BCUT2D eigenvalue weighted by Gasteiger charge is -2.34. The van der Waals surface area contributed by atoms with E-state index in [1.807, 2.05) is 4.90 Å². The van der Waals surface area contributed by atoms with E-state index in [9.17, 15) is 9.59 Å². The zero-order valence-electron chi connectivity index (χ0n) is 12.0. The number of likely N-dealkylation sites (tertiary alicyclic amines) is 1. The van der Waals surface area contributed by atoms with Gasteiger partial charge in [-0.05, 0) is 25.8 Å². The van der Waals surface area contributed by atoms with Crippen molar-refractivity contribution in [3.8, 4) is 0 Å². The zero-order chi connectivity index (χ0) is 15.2. The van der Waals surface area contributed by atoms with Gasteiger partial charge in [-0.1, -0.05) is 11.5 Å². The summed E-state index contributed by atoms with van der Waals surface area (Å²) in [6.07, 6.45) is 3.73. The van der Waals surface area contributed by atoms with Crippen LogP contribution in [0.25, 0.3) is 0 Å². The van der Waals surface area contributed by atoms with Crippen molar-refractivity contribution in [1.82, 2.24) is 15.1 Å². The van der Waals surface area contributed by atoms with Crippen LogP contribution in [-0.4, -0.2) is 51.2 Å². The van der Waals surface area contributed by atoms with Gasteiger partial charge in [-0.3, -0.25) is 19.8 Å². The van der Waals surface area contributed by atoms with Crippen LogP contribution in [0.1, 0.15) is 38.0 Å². The average molecular weight is 296 g/mol. The van der Waals surface area contributed by atoms with Crippen molar-refractivity contribution in [2.45, 2.75) is 45.1 Å². The van der Waals surface area contributed by atoms with E-state index in [1.165, 1.54) is 0 Å². The Morgan fingerprint density at radius 1 is 1.43 bits per heavy atom. The highest BCUT2D eigenvalue weighted by atomic mass is 16.4. The number of aryl methyl sites for hydroxylation is 1. The molecule has 8 nitrogen and oxygen atoms in total. The van der Waals surface area contributed by atoms with Gasteiger partial charge in [0.05, 0.1) is 6.54 Å². The van der Waals surface area contributed by atoms with Gasteiger partial charge in [-0.15, -0.1) is 5.10 Å². The first-order valence-corrected chi connectivity index (χ1v) is 7.10. The summed E-state index contributed by atoms with van der Waals surface area (Å²) in [5, 5.41) is 18.7. The molecule has 2 heterocycles. The zero-order valence-corrected chi connectivity index (χ0v) is 12.0. The lowest BCUT2D eigenvalue weighted by Crippen LogP contribution is -2.44. The van der Waals surface area contributed by atoms with Gasteiger partial charge in [0.25, 0.3) is 0 Å². The number of carboxylic acids is 1. The second kappa shape index (κ2) is 7.16. The number of aromatic nitrogens is 2. The van der Waals surface area contributed by atoms with Crippen LogP contribution in [0.4, 0.5) is 6.01 Å². The van der Waals surface area contributed by atoms with Gasteiger partial charge >= 0.3 is 12.0 Å². The number of aliphatic carboxylic acids is 1. The Morgan fingerprint density at radius 3 is 2.90 bits per heavy atom. The Balaban J connectivity index is 1.85. The summed E-state index contributed by atoms with van der Waals surface area (Å²) in [6, 6.07) is 0.238. The monoisotopic (exact) mass is 296 g/mol. The number of nitrogens with one attached hydrogen (secondary N) is 1. The van der Waals surface area contributed by atoms with E-state index in [0.29, 0.717) is 12.3 Å². The maximum absolute atomic E-state index is 12.0. The van der Waals surface area contributed by atoms with Gasteiger partial charge in [-0.25, -0.2) is 0 Å². The van der Waals surface area contributed by atoms with Gasteiger partial charge in [0.1, 0.15) is 0 Å². The van der Waals surface area contributed by atoms with Crippen LogP contribution in [0.15, 0.2) is 4.42 Å². The topological polar surface area (TPSA) is 109 Å². The lowest BCUT2D eigenvalue weighted by molar-refractivity contribution is -0.137. The maximum atomic E-state index is 12.0. The molecule has 0 bridgehead atoms. The molecule has 2 N–H and O–H groups in total. The number of carbonyl (C=O) groups excluding carboxylic acids is 1. The van der Waals surface area contributed by atoms with Gasteiger partial charge in [0.2, 0.25) is 11.8 Å². The normalized spacial score (nSPS) is 19.4. The molecule has 1 aromatic rings. The fourth-order valence-electron chi connectivity index (χ4n) is 2.58. The molecule has 21 heavy (non-hydrogen) atoms. The lowest BCUT2D eigenvalue weighted by atomic mass is 9.98. The summed E-state index contributed by atoms with van der Waals surface area (Å²) >= 11 is 0. The number of amides is 1. The third-order valence-electron chi connectivity index (χ3n) is 3.56. The van der Waals surface area contributed by atoms with Crippen molar-refractivity contribution in [1.29, 1.82) is 0 Å². The summed E-state index contributed by atoms with van der Waals surface area (Å²) in [7, 11) is 0. The number of hydrogen-bond donors (Lipinski definition) is 2. The van der Waals surface area contributed by atoms with E-state index in [0.717, 1.165) is 25.8 Å². The van der Waals surface area contributed by atoms with Crippen LogP contribution in [0.2, 0.25) is 0 Å². The molecule has 0 saturated carbocycles. The SMILES string of the molecule is Cc1nnc(NC(=O)CN2CCCCC2CCC(=O)O)o1. The van der Waals surface area contributed by atoms with E-state index in [4.69, 9.17) is 9.52 Å². The van der Waals surface area contributed by atoms with E-state index >= 15 is 0 Å². The van der Waals surface area contributed by atoms with Gasteiger partial charge in [-0.2, -0.15) is 0 Å². The average Bonchev–Trinajstić information content (AvgIpc) is 2.83. The minimum Gasteiger partial charge on any atom is -0.481 e. The molecule has 2 rings (SSSR count). The molecule has 0 spiro atoms. The van der Waals surface area contributed by atoms with Crippen molar-refractivity contribution in [2.24, 2.45) is 0 Å². The standard InChI is InChI=1S/C13H20N4O4/c1-9-15-16-13(21-9)14-11(18)8-17-7-3-2-4-10(17)5-6-12(19)20/h10H,2-8H2,1H3,(H,19,20)(H,14,16,18). The summed E-state index contributed by atoms with van der Waals surface area (Å²) in [4.78, 5) is 24.7. The summed E-state index contributed by atoms with van der Waals surface area (Å²) in [5.74, 6) is -0.630. The van der Waals surface area contributed by atoms with Crippen LogP contribution in [-0.2, 0) is 9.59 Å². The number of carbonyl (C=O) groups is 2. The van der Waals surface area contributed by atoms with Crippen LogP contribution < -0.4 is 5.32 Å². The number of hydrogen-bond acceptors (Lipinski definition) is 6. The molecule has 1 amide bonds. The summed E-state index contributed by atoms with van der Waals surface area (Å²) < 4.78 is 5.10. The predicted molar refractivity (Wildman–Crippen MR) is 73.7 cm³/mol. The van der Waals surface area contributed by atoms with Crippen molar-refractivity contribution in [2.75, 3.05) is 18.4 Å². The summed E-state index contributed by atoms with van der Waals surface area (Å²) in [6.45, 7) is 2.67. The minimum atomic E-state index is -0.800. The molecule has 1 aliphatic rings. The fourth-order valence-corrected chi connectivity index (χ4v) is 2.58. The van der Waals surface area contributed by atoms with Crippen molar-refractivity contribution in [3.05, 3.63) is 5.89 Å². The van der Waals surface area contributed by atoms with Gasteiger partial charge in [0.15, 0.2) is 0 Å². The van der Waals surface area contributed by atoms with Crippen LogP contribution in [0, 0.1) is 6.92 Å². The molecular formula is C13H20N4O4. The van der Waals surface area contributed by atoms with E-state index in [2.05, 4.69) is 15.5 Å². The largest absolute Gasteiger partial charge is 0.481 e. The van der Waals surface area contributed by atoms with Gasteiger partial charge < -0.3 is 9.52 Å². The number of piperidine rings is 1. The predicted octanol–water partition coefficient (Wildman–Crippen LogP) is 1.04. The fraction of sp³-hybridized carbons (Fsp3) is 0.692. The Hall–Kier alpha value is -1.96. The Kier molecular flexibility index (Phi) is 5.26. The summed E-state index contributed by atoms with van der Waals surface area (Å²) in [5.41, 5.74) is 0. The maximum Gasteiger partial charge on any atom is 0.322 e. The molecule has 1 aromatic heterocycles. The van der Waals surface area contributed by atoms with Crippen molar-refractivity contribution in [3.63, 3.8) is 0 Å². The Labute approximate surface area is 122 Å². The minimum absolute atomic E-state index is 0.0941. The molecule has 1 unspecified atom stereocenters. The molecule has 1 saturated heterocycles. The van der Waals surface area contributed by atoms with Crippen molar-refractivity contribution >= 4 is 17.9 Å². The second-order valence-corrected chi connectivity index (χ2v) is 5.23. The quantitative estimate of drug-likeness (QED) is 0.807. The molecule has 1 fully saturated rings. The van der Waals surface area contributed by atoms with Crippen molar-refractivity contribution < 1.29 is 19.1 Å². The van der Waals surface area contributed by atoms with Crippen LogP contribution >= 0.6 is 0 Å². The van der Waals surface area contributed by atoms with E-state index < -0.39 is 5.97 Å². The third-order valence-corrected chi connectivity index (χ3v) is 3.56. The molecule has 0 aromatic carbocycles. The highest BCUT2D eigenvalue weighted by molar-refractivity contribution is 5.90. The first-order valence-electron chi connectivity index (χ1n) is 7.10. The second-order valence-electron chi connectivity index (χ2n) is 5.23. The highest BCUT2D eigenvalue weighted by Crippen LogP contribution is 2.20. The Morgan fingerprint density at radius 2 is 2.24 bits per heavy atom. The van der Waals surface area contributed by atoms with Gasteiger partial charge in [0, 0.05) is 19.4 Å². The number of nitrogens with zero attached hydrogens (tertiary/aromatic N) is 3. The third kappa shape index (κ3) is 4.82.